The van der Waals surface area contributed by atoms with E-state index in [1.807, 2.05) is 60.7 Å². The molecule has 0 aliphatic carbocycles. The van der Waals surface area contributed by atoms with E-state index in [0.29, 0.717) is 38.9 Å². The average Bonchev–Trinajstić information content (AvgIpc) is 3.33. The van der Waals surface area contributed by atoms with Crippen LogP contribution in [0.15, 0.2) is 76.2 Å². The number of ether oxygens (including phenoxy) is 1. The Morgan fingerprint density at radius 3 is 2.69 bits per heavy atom. The number of benzene rings is 2. The molecule has 0 unspecified atom stereocenters. The lowest BCUT2D eigenvalue weighted by Crippen LogP contribution is -2.27. The van der Waals surface area contributed by atoms with Crippen LogP contribution in [-0.4, -0.2) is 15.1 Å². The summed E-state index contributed by atoms with van der Waals surface area (Å²) in [5.41, 5.74) is 1.70. The Labute approximate surface area is 183 Å². The predicted octanol–water partition coefficient (Wildman–Crippen LogP) is 5.91. The first-order valence-electron chi connectivity index (χ1n) is 8.85. The summed E-state index contributed by atoms with van der Waals surface area (Å²) in [5.74, 6) is 1.21. The molecular weight excluding hydrogens is 426 g/mol. The van der Waals surface area contributed by atoms with Crippen LogP contribution in [0.25, 0.3) is 6.08 Å². The highest BCUT2D eigenvalue weighted by Gasteiger charge is 2.32. The first-order chi connectivity index (χ1) is 14.1. The number of hydrogen-bond acceptors (Lipinski definition) is 5. The van der Waals surface area contributed by atoms with Gasteiger partial charge in [0.25, 0.3) is 5.91 Å². The number of nitrogens with zero attached hydrogens (tertiary/aromatic N) is 1. The minimum absolute atomic E-state index is 0.141. The van der Waals surface area contributed by atoms with E-state index < -0.39 is 0 Å². The molecule has 1 aliphatic rings. The van der Waals surface area contributed by atoms with Crippen molar-refractivity contribution in [2.75, 3.05) is 0 Å². The highest BCUT2D eigenvalue weighted by molar-refractivity contribution is 8.26. The summed E-state index contributed by atoms with van der Waals surface area (Å²) in [6.45, 7) is 0.656. The fourth-order valence-corrected chi connectivity index (χ4v) is 4.27. The number of halogens is 1. The van der Waals surface area contributed by atoms with Gasteiger partial charge in [-0.1, -0.05) is 72.0 Å². The molecule has 1 fully saturated rings. The lowest BCUT2D eigenvalue weighted by Gasteiger charge is -2.12. The summed E-state index contributed by atoms with van der Waals surface area (Å²) >= 11 is 12.9. The topological polar surface area (TPSA) is 42.7 Å². The zero-order valence-corrected chi connectivity index (χ0v) is 17.6. The highest BCUT2D eigenvalue weighted by atomic mass is 35.5. The Kier molecular flexibility index (Phi) is 6.04. The highest BCUT2D eigenvalue weighted by Crippen LogP contribution is 2.35. The summed E-state index contributed by atoms with van der Waals surface area (Å²) in [7, 11) is 0. The smallest absolute Gasteiger partial charge is 0.266 e. The summed E-state index contributed by atoms with van der Waals surface area (Å²) in [6.07, 6.45) is 3.39. The van der Waals surface area contributed by atoms with Crippen LogP contribution in [0.4, 0.5) is 0 Å². The number of carbonyl (C=O) groups excluding carboxylic acids is 1. The second kappa shape index (κ2) is 8.86. The van der Waals surface area contributed by atoms with Gasteiger partial charge in [-0.05, 0) is 30.3 Å². The zero-order valence-electron chi connectivity index (χ0n) is 15.2. The SMILES string of the molecule is O=C1C(=Cc2ccccc2OCc2ccccc2Cl)SC(=S)N1Cc1ccco1. The van der Waals surface area contributed by atoms with Crippen LogP contribution in [0.2, 0.25) is 5.02 Å². The minimum atomic E-state index is -0.141. The molecule has 1 saturated heterocycles. The Bertz CT molecular complexity index is 1080. The normalized spacial score (nSPS) is 15.3. The van der Waals surface area contributed by atoms with Crippen molar-refractivity contribution >= 4 is 51.9 Å². The molecule has 1 aromatic heterocycles. The van der Waals surface area contributed by atoms with Crippen LogP contribution in [0.5, 0.6) is 5.75 Å². The van der Waals surface area contributed by atoms with E-state index in [9.17, 15) is 4.79 Å². The average molecular weight is 442 g/mol. The first kappa shape index (κ1) is 19.8. The number of furan rings is 1. The molecule has 0 N–H and O–H groups in total. The third-order valence-corrected chi connectivity index (χ3v) is 6.06. The number of carbonyl (C=O) groups is 1. The molecule has 0 atom stereocenters. The van der Waals surface area contributed by atoms with Gasteiger partial charge in [0.2, 0.25) is 0 Å². The third kappa shape index (κ3) is 4.56. The maximum absolute atomic E-state index is 12.8. The van der Waals surface area contributed by atoms with Gasteiger partial charge < -0.3 is 9.15 Å². The van der Waals surface area contributed by atoms with Gasteiger partial charge in [-0.25, -0.2) is 0 Å². The molecule has 146 valence electrons. The first-order valence-corrected chi connectivity index (χ1v) is 10.4. The van der Waals surface area contributed by atoms with Gasteiger partial charge in [-0.2, -0.15) is 0 Å². The summed E-state index contributed by atoms with van der Waals surface area (Å²) in [5, 5.41) is 0.656. The maximum Gasteiger partial charge on any atom is 0.266 e. The Hall–Kier alpha value is -2.54. The van der Waals surface area contributed by atoms with Gasteiger partial charge in [0.1, 0.15) is 22.4 Å². The molecule has 2 aromatic carbocycles. The van der Waals surface area contributed by atoms with Crippen molar-refractivity contribution in [2.24, 2.45) is 0 Å². The van der Waals surface area contributed by atoms with E-state index in [2.05, 4.69) is 0 Å². The zero-order chi connectivity index (χ0) is 20.2. The largest absolute Gasteiger partial charge is 0.488 e. The Morgan fingerprint density at radius 1 is 1.10 bits per heavy atom. The van der Waals surface area contributed by atoms with Gasteiger partial charge in [0.15, 0.2) is 0 Å². The van der Waals surface area contributed by atoms with Crippen molar-refractivity contribution < 1.29 is 13.9 Å². The molecule has 7 heteroatoms. The molecule has 4 rings (SSSR count). The molecule has 4 nitrogen and oxygen atoms in total. The van der Waals surface area contributed by atoms with E-state index in [4.69, 9.17) is 33.0 Å². The molecule has 1 amide bonds. The third-order valence-electron chi connectivity index (χ3n) is 4.31. The standard InChI is InChI=1S/C22H16ClNO3S2/c23-18-9-3-1-7-16(18)14-27-19-10-4-2-6-15(19)12-20-21(25)24(22(28)29-20)13-17-8-5-11-26-17/h1-12H,13-14H2. The van der Waals surface area contributed by atoms with Crippen LogP contribution in [0.1, 0.15) is 16.9 Å². The second-order valence-electron chi connectivity index (χ2n) is 6.27. The van der Waals surface area contributed by atoms with E-state index in [1.54, 1.807) is 12.3 Å². The maximum atomic E-state index is 12.8. The molecule has 0 saturated carbocycles. The summed E-state index contributed by atoms with van der Waals surface area (Å²) in [6, 6.07) is 18.7. The number of rotatable bonds is 6. The molecule has 29 heavy (non-hydrogen) atoms. The quantitative estimate of drug-likeness (QED) is 0.351. The Balaban J connectivity index is 1.53. The fourth-order valence-electron chi connectivity index (χ4n) is 2.84. The number of amides is 1. The van der Waals surface area contributed by atoms with Crippen molar-refractivity contribution in [3.8, 4) is 5.75 Å². The lowest BCUT2D eigenvalue weighted by atomic mass is 10.1. The number of thiocarbonyl (C=S) groups is 1. The number of para-hydroxylation sites is 1. The van der Waals surface area contributed by atoms with Gasteiger partial charge >= 0.3 is 0 Å². The lowest BCUT2D eigenvalue weighted by molar-refractivity contribution is -0.122. The molecule has 0 spiro atoms. The Morgan fingerprint density at radius 2 is 1.90 bits per heavy atom. The molecule has 0 radical (unpaired) electrons. The van der Waals surface area contributed by atoms with Crippen LogP contribution in [-0.2, 0) is 17.9 Å². The molecular formula is C22H16ClNO3S2. The molecule has 0 bridgehead atoms. The van der Waals surface area contributed by atoms with Crippen LogP contribution in [0.3, 0.4) is 0 Å². The van der Waals surface area contributed by atoms with Crippen molar-refractivity contribution in [2.45, 2.75) is 13.2 Å². The van der Waals surface area contributed by atoms with Crippen LogP contribution >= 0.6 is 35.6 Å². The van der Waals surface area contributed by atoms with E-state index in [1.165, 1.54) is 16.7 Å². The van der Waals surface area contributed by atoms with Gasteiger partial charge in [0, 0.05) is 16.1 Å². The molecule has 1 aliphatic heterocycles. The van der Waals surface area contributed by atoms with E-state index in [0.717, 1.165) is 11.1 Å². The van der Waals surface area contributed by atoms with Gasteiger partial charge in [-0.15, -0.1) is 0 Å². The monoisotopic (exact) mass is 441 g/mol. The predicted molar refractivity (Wildman–Crippen MR) is 120 cm³/mol. The van der Waals surface area contributed by atoms with Crippen molar-refractivity contribution in [3.63, 3.8) is 0 Å². The minimum Gasteiger partial charge on any atom is -0.488 e. The van der Waals surface area contributed by atoms with Crippen molar-refractivity contribution in [1.82, 2.24) is 4.90 Å². The van der Waals surface area contributed by atoms with Crippen molar-refractivity contribution in [1.29, 1.82) is 0 Å². The number of thioether (sulfide) groups is 1. The van der Waals surface area contributed by atoms with E-state index in [-0.39, 0.29) is 5.91 Å². The fraction of sp³-hybridized carbons (Fsp3) is 0.0909. The number of hydrogen-bond donors (Lipinski definition) is 0. The van der Waals surface area contributed by atoms with Crippen molar-refractivity contribution in [3.05, 3.63) is 93.7 Å². The van der Waals surface area contributed by atoms with Crippen LogP contribution < -0.4 is 4.74 Å². The van der Waals surface area contributed by atoms with Gasteiger partial charge in [-0.3, -0.25) is 9.69 Å². The molecule has 2 heterocycles. The van der Waals surface area contributed by atoms with E-state index >= 15 is 0 Å². The second-order valence-corrected chi connectivity index (χ2v) is 8.35. The van der Waals surface area contributed by atoms with Crippen LogP contribution in [0, 0.1) is 0 Å². The summed E-state index contributed by atoms with van der Waals surface area (Å²) < 4.78 is 11.8. The van der Waals surface area contributed by atoms with Gasteiger partial charge in [0.05, 0.1) is 17.7 Å². The molecule has 3 aromatic rings. The summed E-state index contributed by atoms with van der Waals surface area (Å²) in [4.78, 5) is 14.9.